The predicted octanol–water partition coefficient (Wildman–Crippen LogP) is 0.529. The van der Waals surface area contributed by atoms with Crippen molar-refractivity contribution in [2.24, 2.45) is 0 Å². The molecule has 0 saturated carbocycles. The smallest absolute Gasteiger partial charge is 0.269 e. The highest BCUT2D eigenvalue weighted by Crippen LogP contribution is 2.22. The average molecular weight is 360 g/mol. The van der Waals surface area contributed by atoms with Crippen molar-refractivity contribution in [1.82, 2.24) is 25.3 Å². The van der Waals surface area contributed by atoms with Gasteiger partial charge in [0.2, 0.25) is 0 Å². The maximum Gasteiger partial charge on any atom is 0.269 e. The van der Waals surface area contributed by atoms with Gasteiger partial charge in [0.1, 0.15) is 17.8 Å². The van der Waals surface area contributed by atoms with Crippen molar-refractivity contribution >= 4 is 23.2 Å². The molecule has 3 rings (SSSR count). The molecule has 0 spiro atoms. The molecule has 138 valence electrons. The van der Waals surface area contributed by atoms with E-state index in [1.54, 1.807) is 0 Å². The van der Waals surface area contributed by atoms with Gasteiger partial charge in [0.05, 0.1) is 0 Å². The number of likely N-dealkylation sites (N-methyl/N-ethyl adjacent to an activating group) is 1. The second kappa shape index (κ2) is 7.93. The van der Waals surface area contributed by atoms with Gasteiger partial charge in [-0.1, -0.05) is 0 Å². The highest BCUT2D eigenvalue weighted by Gasteiger charge is 2.16. The Morgan fingerprint density at radius 3 is 2.46 bits per heavy atom. The van der Waals surface area contributed by atoms with Crippen LogP contribution in [0, 0.1) is 5.82 Å². The number of rotatable bonds is 5. The SMILES string of the molecule is CN1CCN(Nc2ncnc(NNC(=O)c3ccc(F)cc3)c2N)CC1. The Bertz CT molecular complexity index is 761. The number of nitrogens with two attached hydrogens (primary N) is 1. The first-order valence-corrected chi connectivity index (χ1v) is 8.15. The average Bonchev–Trinajstić information content (AvgIpc) is 2.64. The van der Waals surface area contributed by atoms with E-state index in [2.05, 4.69) is 38.2 Å². The molecule has 1 amide bonds. The summed E-state index contributed by atoms with van der Waals surface area (Å²) in [6, 6.07) is 5.20. The predicted molar refractivity (Wildman–Crippen MR) is 96.6 cm³/mol. The van der Waals surface area contributed by atoms with E-state index >= 15 is 0 Å². The van der Waals surface area contributed by atoms with Gasteiger partial charge >= 0.3 is 0 Å². The first-order chi connectivity index (χ1) is 12.5. The molecule has 0 radical (unpaired) electrons. The maximum absolute atomic E-state index is 12.9. The number of amides is 1. The minimum atomic E-state index is -0.434. The topological polar surface area (TPSA) is 111 Å². The molecule has 0 atom stereocenters. The normalized spacial score (nSPS) is 15.5. The van der Waals surface area contributed by atoms with Gasteiger partial charge < -0.3 is 16.1 Å². The van der Waals surface area contributed by atoms with Gasteiger partial charge in [-0.2, -0.15) is 0 Å². The number of carbonyl (C=O) groups is 1. The summed E-state index contributed by atoms with van der Waals surface area (Å²) < 4.78 is 12.9. The number of piperazine rings is 1. The van der Waals surface area contributed by atoms with E-state index in [4.69, 9.17) is 5.73 Å². The van der Waals surface area contributed by atoms with Crippen LogP contribution in [-0.4, -0.2) is 59.0 Å². The van der Waals surface area contributed by atoms with Gasteiger partial charge in [-0.25, -0.2) is 19.4 Å². The molecule has 1 fully saturated rings. The van der Waals surface area contributed by atoms with Crippen LogP contribution >= 0.6 is 0 Å². The Morgan fingerprint density at radius 1 is 1.12 bits per heavy atom. The fraction of sp³-hybridized carbons (Fsp3) is 0.312. The van der Waals surface area contributed by atoms with E-state index in [1.807, 2.05) is 5.01 Å². The zero-order valence-corrected chi connectivity index (χ0v) is 14.4. The van der Waals surface area contributed by atoms with Gasteiger partial charge in [-0.3, -0.25) is 15.6 Å². The molecule has 2 heterocycles. The number of carbonyl (C=O) groups excluding carboxylic acids is 1. The quantitative estimate of drug-likeness (QED) is 0.572. The molecule has 5 N–H and O–H groups in total. The minimum Gasteiger partial charge on any atom is -0.393 e. The monoisotopic (exact) mass is 360 g/mol. The van der Waals surface area contributed by atoms with E-state index in [0.29, 0.717) is 11.4 Å². The molecule has 10 heteroatoms. The number of halogens is 1. The summed E-state index contributed by atoms with van der Waals surface area (Å²) in [7, 11) is 2.07. The first kappa shape index (κ1) is 17.8. The lowest BCUT2D eigenvalue weighted by molar-refractivity contribution is 0.0962. The van der Waals surface area contributed by atoms with Gasteiger partial charge in [-0.15, -0.1) is 0 Å². The molecule has 0 aliphatic carbocycles. The molecule has 0 unspecified atom stereocenters. The molecule has 2 aromatic rings. The molecule has 0 bridgehead atoms. The van der Waals surface area contributed by atoms with Crippen LogP contribution in [0.4, 0.5) is 21.7 Å². The first-order valence-electron chi connectivity index (χ1n) is 8.15. The zero-order valence-electron chi connectivity index (χ0n) is 14.4. The van der Waals surface area contributed by atoms with Crippen molar-refractivity contribution in [2.75, 3.05) is 49.8 Å². The third kappa shape index (κ3) is 4.35. The van der Waals surface area contributed by atoms with Crippen molar-refractivity contribution < 1.29 is 9.18 Å². The second-order valence-corrected chi connectivity index (χ2v) is 5.97. The number of aromatic nitrogens is 2. The van der Waals surface area contributed by atoms with E-state index < -0.39 is 11.7 Å². The number of nitrogen functional groups attached to an aromatic ring is 1. The summed E-state index contributed by atoms with van der Waals surface area (Å²) in [6.45, 7) is 3.56. The summed E-state index contributed by atoms with van der Waals surface area (Å²) in [5.74, 6) is -0.110. The molecule has 1 aliphatic heterocycles. The van der Waals surface area contributed by atoms with E-state index in [-0.39, 0.29) is 11.5 Å². The fourth-order valence-electron chi connectivity index (χ4n) is 2.44. The second-order valence-electron chi connectivity index (χ2n) is 5.97. The van der Waals surface area contributed by atoms with Gasteiger partial charge in [0, 0.05) is 31.7 Å². The number of hydrogen-bond donors (Lipinski definition) is 4. The molecule has 9 nitrogen and oxygen atoms in total. The number of hydrazine groups is 2. The van der Waals surface area contributed by atoms with E-state index in [9.17, 15) is 9.18 Å². The fourth-order valence-corrected chi connectivity index (χ4v) is 2.44. The highest BCUT2D eigenvalue weighted by atomic mass is 19.1. The Balaban J connectivity index is 1.61. The number of nitrogens with one attached hydrogen (secondary N) is 3. The number of hydrogen-bond acceptors (Lipinski definition) is 8. The largest absolute Gasteiger partial charge is 0.393 e. The van der Waals surface area contributed by atoms with Crippen LogP contribution in [0.25, 0.3) is 0 Å². The van der Waals surface area contributed by atoms with Crippen molar-refractivity contribution in [2.45, 2.75) is 0 Å². The van der Waals surface area contributed by atoms with Crippen LogP contribution in [0.5, 0.6) is 0 Å². The lowest BCUT2D eigenvalue weighted by atomic mass is 10.2. The van der Waals surface area contributed by atoms with Crippen LogP contribution in [0.3, 0.4) is 0 Å². The van der Waals surface area contributed by atoms with E-state index in [0.717, 1.165) is 26.2 Å². The van der Waals surface area contributed by atoms with E-state index in [1.165, 1.54) is 30.6 Å². The molecule has 1 aromatic carbocycles. The Hall–Kier alpha value is -2.98. The van der Waals surface area contributed by atoms with Crippen molar-refractivity contribution in [3.63, 3.8) is 0 Å². The van der Waals surface area contributed by atoms with Crippen molar-refractivity contribution in [1.29, 1.82) is 0 Å². The van der Waals surface area contributed by atoms with Crippen LogP contribution in [0.2, 0.25) is 0 Å². The molecule has 26 heavy (non-hydrogen) atoms. The molecule has 1 saturated heterocycles. The van der Waals surface area contributed by atoms with Gasteiger partial charge in [-0.05, 0) is 31.3 Å². The summed E-state index contributed by atoms with van der Waals surface area (Å²) in [6.07, 6.45) is 1.35. The maximum atomic E-state index is 12.9. The molecule has 1 aromatic heterocycles. The van der Waals surface area contributed by atoms with Gasteiger partial charge in [0.25, 0.3) is 5.91 Å². The van der Waals surface area contributed by atoms with Crippen LogP contribution in [0.1, 0.15) is 10.4 Å². The molecular formula is C16H21FN8O. The summed E-state index contributed by atoms with van der Waals surface area (Å²) in [5.41, 5.74) is 15.0. The lowest BCUT2D eigenvalue weighted by Crippen LogP contribution is -2.47. The number of benzene rings is 1. The Kier molecular flexibility index (Phi) is 5.44. The summed E-state index contributed by atoms with van der Waals surface area (Å²) in [5, 5.41) is 2.03. The van der Waals surface area contributed by atoms with Gasteiger partial charge in [0.15, 0.2) is 11.6 Å². The van der Waals surface area contributed by atoms with Crippen LogP contribution in [0.15, 0.2) is 30.6 Å². The third-order valence-corrected chi connectivity index (χ3v) is 4.05. The highest BCUT2D eigenvalue weighted by molar-refractivity contribution is 5.95. The number of anilines is 3. The van der Waals surface area contributed by atoms with Crippen molar-refractivity contribution in [3.8, 4) is 0 Å². The Labute approximate surface area is 150 Å². The molecular weight excluding hydrogens is 339 g/mol. The third-order valence-electron chi connectivity index (χ3n) is 4.05. The minimum absolute atomic E-state index is 0.270. The van der Waals surface area contributed by atoms with Crippen LogP contribution in [-0.2, 0) is 0 Å². The number of nitrogens with zero attached hydrogens (tertiary/aromatic N) is 4. The standard InChI is InChI=1S/C16H21FN8O/c1-24-6-8-25(9-7-24)23-15-13(18)14(19-10-20-15)21-22-16(26)11-2-4-12(17)5-3-11/h2-5,10H,6-9,18H2,1H3,(H,22,26)(H2,19,20,21,23). The lowest BCUT2D eigenvalue weighted by Gasteiger charge is -2.32. The zero-order chi connectivity index (χ0) is 18.5. The summed E-state index contributed by atoms with van der Waals surface area (Å²) >= 11 is 0. The van der Waals surface area contributed by atoms with Crippen molar-refractivity contribution in [3.05, 3.63) is 42.0 Å². The van der Waals surface area contributed by atoms with Crippen LogP contribution < -0.4 is 22.0 Å². The summed E-state index contributed by atoms with van der Waals surface area (Å²) in [4.78, 5) is 22.5. The molecule has 1 aliphatic rings. The Morgan fingerprint density at radius 2 is 1.77 bits per heavy atom.